The predicted octanol–water partition coefficient (Wildman–Crippen LogP) is 3.78. The number of hydrogen-bond acceptors (Lipinski definition) is 6. The molecule has 9 heteroatoms. The SMILES string of the molecule is COc1cccc(-n2cc(C(=O)NCCC(=O)Nc3ccc(OC)c(OC)c3)c3ccccc3c2=O)c1. The Morgan fingerprint density at radius 2 is 1.59 bits per heavy atom. The normalized spacial score (nSPS) is 10.6. The average Bonchev–Trinajstić information content (AvgIpc) is 2.93. The fraction of sp³-hybridized carbons (Fsp3) is 0.179. The molecule has 0 spiro atoms. The van der Waals surface area contributed by atoms with Crippen molar-refractivity contribution in [3.63, 3.8) is 0 Å². The van der Waals surface area contributed by atoms with Crippen LogP contribution in [-0.2, 0) is 4.79 Å². The molecule has 0 saturated heterocycles. The first kappa shape index (κ1) is 25.3. The fourth-order valence-corrected chi connectivity index (χ4v) is 3.95. The number of anilines is 1. The molecule has 0 unspecified atom stereocenters. The van der Waals surface area contributed by atoms with Gasteiger partial charge in [0.25, 0.3) is 11.5 Å². The van der Waals surface area contributed by atoms with Crippen LogP contribution in [0.3, 0.4) is 0 Å². The van der Waals surface area contributed by atoms with Gasteiger partial charge in [0.05, 0.1) is 32.6 Å². The summed E-state index contributed by atoms with van der Waals surface area (Å²) in [7, 11) is 4.59. The Balaban J connectivity index is 1.51. The predicted molar refractivity (Wildman–Crippen MR) is 141 cm³/mol. The third kappa shape index (κ3) is 5.56. The van der Waals surface area contributed by atoms with Crippen LogP contribution in [0.15, 0.2) is 77.7 Å². The highest BCUT2D eigenvalue weighted by Gasteiger charge is 2.16. The van der Waals surface area contributed by atoms with Gasteiger partial charge in [-0.3, -0.25) is 19.0 Å². The van der Waals surface area contributed by atoms with Crippen LogP contribution in [-0.4, -0.2) is 44.3 Å². The maximum atomic E-state index is 13.2. The van der Waals surface area contributed by atoms with Crippen molar-refractivity contribution in [2.75, 3.05) is 33.2 Å². The molecule has 1 heterocycles. The molecule has 3 aromatic carbocycles. The number of carbonyl (C=O) groups excluding carboxylic acids is 2. The minimum atomic E-state index is -0.397. The van der Waals surface area contributed by atoms with E-state index in [1.807, 2.05) is 0 Å². The molecular formula is C28H27N3O6. The number of fused-ring (bicyclic) bond motifs is 1. The van der Waals surface area contributed by atoms with Gasteiger partial charge in [-0.15, -0.1) is 0 Å². The third-order valence-corrected chi connectivity index (χ3v) is 5.81. The van der Waals surface area contributed by atoms with Gasteiger partial charge < -0.3 is 24.8 Å². The first-order valence-electron chi connectivity index (χ1n) is 11.5. The Morgan fingerprint density at radius 3 is 2.32 bits per heavy atom. The van der Waals surface area contributed by atoms with Crippen LogP contribution in [0.5, 0.6) is 17.2 Å². The van der Waals surface area contributed by atoms with Gasteiger partial charge in [0, 0.05) is 47.8 Å². The molecule has 4 rings (SSSR count). The van der Waals surface area contributed by atoms with Crippen LogP contribution in [0.4, 0.5) is 5.69 Å². The fourth-order valence-electron chi connectivity index (χ4n) is 3.95. The second-order valence-corrected chi connectivity index (χ2v) is 8.09. The maximum absolute atomic E-state index is 13.2. The molecular weight excluding hydrogens is 474 g/mol. The zero-order valence-corrected chi connectivity index (χ0v) is 20.7. The molecule has 0 fully saturated rings. The van der Waals surface area contributed by atoms with E-state index in [0.29, 0.717) is 45.0 Å². The quantitative estimate of drug-likeness (QED) is 0.362. The Kier molecular flexibility index (Phi) is 7.73. The Morgan fingerprint density at radius 1 is 0.838 bits per heavy atom. The van der Waals surface area contributed by atoms with Gasteiger partial charge in [0.2, 0.25) is 5.91 Å². The molecule has 37 heavy (non-hydrogen) atoms. The number of amides is 2. The second kappa shape index (κ2) is 11.3. The van der Waals surface area contributed by atoms with E-state index in [-0.39, 0.29) is 24.4 Å². The van der Waals surface area contributed by atoms with Gasteiger partial charge in [0.1, 0.15) is 5.75 Å². The van der Waals surface area contributed by atoms with Crippen LogP contribution in [0, 0.1) is 0 Å². The van der Waals surface area contributed by atoms with Crippen LogP contribution in [0.1, 0.15) is 16.8 Å². The molecule has 2 N–H and O–H groups in total. The highest BCUT2D eigenvalue weighted by molar-refractivity contribution is 6.06. The number of rotatable bonds is 9. The van der Waals surface area contributed by atoms with Crippen LogP contribution in [0.25, 0.3) is 16.5 Å². The van der Waals surface area contributed by atoms with Crippen molar-refractivity contribution in [3.05, 3.63) is 88.8 Å². The molecule has 0 saturated carbocycles. The first-order valence-corrected chi connectivity index (χ1v) is 11.5. The van der Waals surface area contributed by atoms with Crippen molar-refractivity contribution in [2.24, 2.45) is 0 Å². The Hall–Kier alpha value is -4.79. The second-order valence-electron chi connectivity index (χ2n) is 8.09. The van der Waals surface area contributed by atoms with Gasteiger partial charge >= 0.3 is 0 Å². The molecule has 0 atom stereocenters. The molecule has 0 aliphatic rings. The first-order chi connectivity index (χ1) is 17.9. The number of nitrogens with zero attached hydrogens (tertiary/aromatic N) is 1. The van der Waals surface area contributed by atoms with Crippen LogP contribution in [0.2, 0.25) is 0 Å². The standard InChI is InChI=1S/C28H27N3O6/c1-35-20-8-6-7-19(16-20)31-17-23(21-9-4-5-10-22(21)28(31)34)27(33)29-14-13-26(32)30-18-11-12-24(36-2)25(15-18)37-3/h4-12,15-17H,13-14H2,1-3H3,(H,29,33)(H,30,32). The molecule has 0 bridgehead atoms. The maximum Gasteiger partial charge on any atom is 0.262 e. The highest BCUT2D eigenvalue weighted by atomic mass is 16.5. The van der Waals surface area contributed by atoms with E-state index in [1.54, 1.807) is 73.8 Å². The van der Waals surface area contributed by atoms with Crippen LogP contribution >= 0.6 is 0 Å². The summed E-state index contributed by atoms with van der Waals surface area (Å²) < 4.78 is 17.2. The minimum Gasteiger partial charge on any atom is -0.497 e. The van der Waals surface area contributed by atoms with Crippen molar-refractivity contribution in [2.45, 2.75) is 6.42 Å². The lowest BCUT2D eigenvalue weighted by Gasteiger charge is -2.13. The largest absolute Gasteiger partial charge is 0.497 e. The number of aromatic nitrogens is 1. The summed E-state index contributed by atoms with van der Waals surface area (Å²) >= 11 is 0. The number of nitrogens with one attached hydrogen (secondary N) is 2. The third-order valence-electron chi connectivity index (χ3n) is 5.81. The van der Waals surface area contributed by atoms with Gasteiger partial charge in [-0.05, 0) is 30.3 Å². The van der Waals surface area contributed by atoms with E-state index < -0.39 is 5.91 Å². The Labute approximate surface area is 213 Å². The summed E-state index contributed by atoms with van der Waals surface area (Å²) in [6, 6.07) is 19.0. The molecule has 9 nitrogen and oxygen atoms in total. The smallest absolute Gasteiger partial charge is 0.262 e. The van der Waals surface area contributed by atoms with Gasteiger partial charge in [-0.2, -0.15) is 0 Å². The number of pyridine rings is 1. The van der Waals surface area contributed by atoms with Crippen LogP contribution < -0.4 is 30.4 Å². The van der Waals surface area contributed by atoms with E-state index in [1.165, 1.54) is 25.0 Å². The minimum absolute atomic E-state index is 0.0491. The molecule has 0 radical (unpaired) electrons. The summed E-state index contributed by atoms with van der Waals surface area (Å²) in [6.45, 7) is 0.102. The number of benzene rings is 3. The molecule has 0 aliphatic heterocycles. The molecule has 1 aromatic heterocycles. The van der Waals surface area contributed by atoms with Crippen molar-refractivity contribution in [1.29, 1.82) is 0 Å². The van der Waals surface area contributed by atoms with E-state index in [0.717, 1.165) is 0 Å². The molecule has 2 amide bonds. The lowest BCUT2D eigenvalue weighted by Crippen LogP contribution is -2.29. The van der Waals surface area contributed by atoms with Crippen molar-refractivity contribution in [1.82, 2.24) is 9.88 Å². The summed E-state index contributed by atoms with van der Waals surface area (Å²) in [6.07, 6.45) is 1.56. The monoisotopic (exact) mass is 501 g/mol. The summed E-state index contributed by atoms with van der Waals surface area (Å²) in [5.41, 5.74) is 1.18. The molecule has 0 aliphatic carbocycles. The highest BCUT2D eigenvalue weighted by Crippen LogP contribution is 2.29. The Bertz CT molecular complexity index is 1510. The van der Waals surface area contributed by atoms with Crippen molar-refractivity contribution in [3.8, 4) is 22.9 Å². The summed E-state index contributed by atoms with van der Waals surface area (Å²) in [5.74, 6) is 0.955. The van der Waals surface area contributed by atoms with Gasteiger partial charge in [0.15, 0.2) is 11.5 Å². The van der Waals surface area contributed by atoms with Crippen molar-refractivity contribution < 1.29 is 23.8 Å². The number of carbonyl (C=O) groups is 2. The van der Waals surface area contributed by atoms with Gasteiger partial charge in [-0.1, -0.05) is 24.3 Å². The summed E-state index contributed by atoms with van der Waals surface area (Å²) in [5, 5.41) is 6.50. The number of hydrogen-bond donors (Lipinski definition) is 2. The lowest BCUT2D eigenvalue weighted by molar-refractivity contribution is -0.116. The lowest BCUT2D eigenvalue weighted by atomic mass is 10.1. The zero-order chi connectivity index (χ0) is 26.4. The van der Waals surface area contributed by atoms with E-state index in [9.17, 15) is 14.4 Å². The van der Waals surface area contributed by atoms with Crippen molar-refractivity contribution >= 4 is 28.3 Å². The zero-order valence-electron chi connectivity index (χ0n) is 20.7. The van der Waals surface area contributed by atoms with E-state index in [4.69, 9.17) is 14.2 Å². The van der Waals surface area contributed by atoms with Gasteiger partial charge in [-0.25, -0.2) is 0 Å². The van der Waals surface area contributed by atoms with E-state index >= 15 is 0 Å². The summed E-state index contributed by atoms with van der Waals surface area (Å²) in [4.78, 5) is 38.8. The van der Waals surface area contributed by atoms with E-state index in [2.05, 4.69) is 10.6 Å². The number of methoxy groups -OCH3 is 3. The molecule has 190 valence electrons. The topological polar surface area (TPSA) is 108 Å². The molecule has 4 aromatic rings. The number of ether oxygens (including phenoxy) is 3. The average molecular weight is 502 g/mol.